The molecule has 1 atom stereocenters. The van der Waals surface area contributed by atoms with Gasteiger partial charge in [0, 0.05) is 18.8 Å². The second-order valence-electron chi connectivity index (χ2n) is 8.39. The Labute approximate surface area is 145 Å². The predicted molar refractivity (Wildman–Crippen MR) is 92.9 cm³/mol. The van der Waals surface area contributed by atoms with Crippen LogP contribution >= 0.6 is 0 Å². The Hall–Kier alpha value is -0.880. The van der Waals surface area contributed by atoms with Crippen molar-refractivity contribution in [3.63, 3.8) is 0 Å². The predicted octanol–water partition coefficient (Wildman–Crippen LogP) is 3.18. The summed E-state index contributed by atoms with van der Waals surface area (Å²) in [6, 6.07) is 0.0564. The molecule has 0 amide bonds. The molecule has 0 aromatic carbocycles. The van der Waals surface area contributed by atoms with Gasteiger partial charge in [-0.2, -0.15) is 5.10 Å². The molecule has 1 N–H and O–H groups in total. The fraction of sp³-hybridized carbons (Fsp3) is 0.833. The minimum absolute atomic E-state index is 0.0564. The molecule has 1 aromatic heterocycles. The summed E-state index contributed by atoms with van der Waals surface area (Å²) in [6.45, 7) is 4.77. The van der Waals surface area contributed by atoms with Crippen LogP contribution in [0.2, 0.25) is 0 Å². The molecule has 24 heavy (non-hydrogen) atoms. The second-order valence-corrected chi connectivity index (χ2v) is 10.1. The van der Waals surface area contributed by atoms with Crippen molar-refractivity contribution >= 4 is 10.0 Å². The maximum Gasteiger partial charge on any atom is 0.243 e. The van der Waals surface area contributed by atoms with Gasteiger partial charge in [-0.3, -0.25) is 4.68 Å². The zero-order valence-corrected chi connectivity index (χ0v) is 15.6. The van der Waals surface area contributed by atoms with E-state index in [2.05, 4.69) is 16.7 Å². The number of aryl methyl sites for hydroxylation is 1. The van der Waals surface area contributed by atoms with Crippen molar-refractivity contribution in [3.8, 4) is 0 Å². The highest BCUT2D eigenvalue weighted by molar-refractivity contribution is 7.89. The van der Waals surface area contributed by atoms with E-state index in [1.807, 2.05) is 6.92 Å². The lowest BCUT2D eigenvalue weighted by Gasteiger charge is -2.59. The first-order chi connectivity index (χ1) is 11.4. The summed E-state index contributed by atoms with van der Waals surface area (Å²) >= 11 is 0. The van der Waals surface area contributed by atoms with E-state index >= 15 is 0 Å². The standard InChI is InChI=1S/C18H29N3O2S/c1-3-17(20-24(22,23)16-11-19-21(4-2)12-16)18-8-13-5-14(9-18)7-15(6-13)10-18/h11-15,17,20H,3-10H2,1-2H3. The molecule has 5 nitrogen and oxygen atoms in total. The van der Waals surface area contributed by atoms with Gasteiger partial charge in [-0.05, 0) is 75.0 Å². The fourth-order valence-corrected chi connectivity index (χ4v) is 7.53. The number of nitrogens with one attached hydrogen (secondary N) is 1. The first-order valence-corrected chi connectivity index (χ1v) is 11.0. The maximum absolute atomic E-state index is 12.9. The van der Waals surface area contributed by atoms with Crippen LogP contribution in [0.25, 0.3) is 0 Å². The highest BCUT2D eigenvalue weighted by Gasteiger charge is 2.54. The fourth-order valence-electron chi connectivity index (χ4n) is 6.16. The largest absolute Gasteiger partial charge is 0.272 e. The molecule has 134 valence electrons. The number of hydrogen-bond donors (Lipinski definition) is 1. The molecular weight excluding hydrogens is 322 g/mol. The number of nitrogens with zero attached hydrogens (tertiary/aromatic N) is 2. The van der Waals surface area contributed by atoms with E-state index in [0.29, 0.717) is 11.4 Å². The SMILES string of the molecule is CCC(NS(=O)(=O)c1cnn(CC)c1)C12CC3CC(CC(C3)C1)C2. The second kappa shape index (κ2) is 5.84. The summed E-state index contributed by atoms with van der Waals surface area (Å²) in [5.74, 6) is 2.49. The summed E-state index contributed by atoms with van der Waals surface area (Å²) in [6.07, 6.45) is 11.8. The molecule has 4 aliphatic rings. The third-order valence-electron chi connectivity index (χ3n) is 6.77. The van der Waals surface area contributed by atoms with Crippen molar-refractivity contribution in [2.75, 3.05) is 0 Å². The van der Waals surface area contributed by atoms with Crippen molar-refractivity contribution in [2.24, 2.45) is 23.2 Å². The molecule has 1 heterocycles. The summed E-state index contributed by atoms with van der Waals surface area (Å²) in [7, 11) is -3.49. The Morgan fingerprint density at radius 2 is 1.79 bits per heavy atom. The van der Waals surface area contributed by atoms with E-state index in [1.165, 1.54) is 44.7 Å². The third-order valence-corrected chi connectivity index (χ3v) is 8.20. The number of sulfonamides is 1. The summed E-state index contributed by atoms with van der Waals surface area (Å²) in [5.41, 5.74) is 0.192. The number of rotatable bonds is 6. The van der Waals surface area contributed by atoms with Crippen LogP contribution in [0.1, 0.15) is 58.8 Å². The van der Waals surface area contributed by atoms with E-state index in [1.54, 1.807) is 10.9 Å². The molecule has 4 bridgehead atoms. The van der Waals surface area contributed by atoms with Gasteiger partial charge in [-0.1, -0.05) is 6.92 Å². The first kappa shape index (κ1) is 16.6. The number of aromatic nitrogens is 2. The van der Waals surface area contributed by atoms with Crippen molar-refractivity contribution in [2.45, 2.75) is 76.3 Å². The van der Waals surface area contributed by atoms with Crippen LogP contribution in [0.4, 0.5) is 0 Å². The monoisotopic (exact) mass is 351 g/mol. The lowest BCUT2D eigenvalue weighted by atomic mass is 9.47. The van der Waals surface area contributed by atoms with E-state index in [4.69, 9.17) is 0 Å². The van der Waals surface area contributed by atoms with Crippen LogP contribution in [0.3, 0.4) is 0 Å². The molecule has 5 rings (SSSR count). The van der Waals surface area contributed by atoms with Crippen LogP contribution in [0, 0.1) is 23.2 Å². The Balaban J connectivity index is 1.58. The quantitative estimate of drug-likeness (QED) is 0.856. The Morgan fingerprint density at radius 3 is 2.25 bits per heavy atom. The minimum Gasteiger partial charge on any atom is -0.272 e. The molecule has 4 saturated carbocycles. The van der Waals surface area contributed by atoms with Crippen molar-refractivity contribution < 1.29 is 8.42 Å². The van der Waals surface area contributed by atoms with Crippen molar-refractivity contribution in [1.82, 2.24) is 14.5 Å². The highest BCUT2D eigenvalue weighted by Crippen LogP contribution is 2.61. The topological polar surface area (TPSA) is 64.0 Å². The molecule has 1 aromatic rings. The van der Waals surface area contributed by atoms with Crippen LogP contribution in [0.5, 0.6) is 0 Å². The number of hydrogen-bond acceptors (Lipinski definition) is 3. The summed E-state index contributed by atoms with van der Waals surface area (Å²) < 4.78 is 30.5. The van der Waals surface area contributed by atoms with E-state index in [9.17, 15) is 8.42 Å². The first-order valence-electron chi connectivity index (χ1n) is 9.49. The zero-order valence-electron chi connectivity index (χ0n) is 14.7. The Bertz CT molecular complexity index is 674. The molecule has 0 aliphatic heterocycles. The van der Waals surface area contributed by atoms with Gasteiger partial charge < -0.3 is 0 Å². The van der Waals surface area contributed by atoms with Crippen LogP contribution < -0.4 is 4.72 Å². The summed E-state index contributed by atoms with van der Waals surface area (Å²) in [4.78, 5) is 0.299. The van der Waals surface area contributed by atoms with Crippen molar-refractivity contribution in [1.29, 1.82) is 0 Å². The van der Waals surface area contributed by atoms with Gasteiger partial charge >= 0.3 is 0 Å². The van der Waals surface area contributed by atoms with Crippen molar-refractivity contribution in [3.05, 3.63) is 12.4 Å². The van der Waals surface area contributed by atoms with Gasteiger partial charge in [0.2, 0.25) is 10.0 Å². The third kappa shape index (κ3) is 2.71. The molecule has 1 unspecified atom stereocenters. The van der Waals surface area contributed by atoms with Gasteiger partial charge in [0.15, 0.2) is 0 Å². The minimum atomic E-state index is -3.49. The van der Waals surface area contributed by atoms with E-state index in [-0.39, 0.29) is 11.5 Å². The Morgan fingerprint density at radius 1 is 1.21 bits per heavy atom. The smallest absolute Gasteiger partial charge is 0.243 e. The molecule has 0 radical (unpaired) electrons. The van der Waals surface area contributed by atoms with Crippen LogP contribution in [-0.2, 0) is 16.6 Å². The molecule has 0 saturated heterocycles. The zero-order chi connectivity index (χ0) is 16.9. The lowest BCUT2D eigenvalue weighted by Crippen LogP contribution is -2.56. The lowest BCUT2D eigenvalue weighted by molar-refractivity contribution is -0.0704. The average molecular weight is 352 g/mol. The molecular formula is C18H29N3O2S. The highest BCUT2D eigenvalue weighted by atomic mass is 32.2. The normalized spacial score (nSPS) is 36.2. The van der Waals surface area contributed by atoms with E-state index < -0.39 is 10.0 Å². The molecule has 4 aliphatic carbocycles. The Kier molecular flexibility index (Phi) is 4.03. The molecule has 4 fully saturated rings. The van der Waals surface area contributed by atoms with Gasteiger partial charge in [0.25, 0.3) is 0 Å². The average Bonchev–Trinajstić information content (AvgIpc) is 3.01. The van der Waals surface area contributed by atoms with Crippen LogP contribution in [-0.4, -0.2) is 24.2 Å². The van der Waals surface area contributed by atoms with Gasteiger partial charge in [0.1, 0.15) is 4.90 Å². The van der Waals surface area contributed by atoms with Gasteiger partial charge in [-0.25, -0.2) is 13.1 Å². The van der Waals surface area contributed by atoms with Crippen LogP contribution in [0.15, 0.2) is 17.3 Å². The molecule has 6 heteroatoms. The van der Waals surface area contributed by atoms with Gasteiger partial charge in [-0.15, -0.1) is 0 Å². The van der Waals surface area contributed by atoms with E-state index in [0.717, 1.165) is 24.2 Å². The van der Waals surface area contributed by atoms with Gasteiger partial charge in [0.05, 0.1) is 6.20 Å². The molecule has 0 spiro atoms. The summed E-state index contributed by atoms with van der Waals surface area (Å²) in [5, 5.41) is 4.12. The maximum atomic E-state index is 12.9.